The van der Waals surface area contributed by atoms with Crippen LogP contribution in [0, 0.1) is 10.1 Å². The number of halogens is 1. The van der Waals surface area contributed by atoms with Crippen molar-refractivity contribution in [2.24, 2.45) is 0 Å². The highest BCUT2D eigenvalue weighted by molar-refractivity contribution is 6.33. The number of carbonyl (C=O) groups is 1. The number of nitro benzene ring substituents is 1. The van der Waals surface area contributed by atoms with Crippen molar-refractivity contribution in [3.8, 4) is 5.75 Å². The van der Waals surface area contributed by atoms with Gasteiger partial charge < -0.3 is 9.64 Å². The molecule has 0 radical (unpaired) electrons. The molecule has 6 nitrogen and oxygen atoms in total. The molecule has 0 fully saturated rings. The smallest absolute Gasteiger partial charge is 0.270 e. The Morgan fingerprint density at radius 2 is 2.00 bits per heavy atom. The van der Waals surface area contributed by atoms with Gasteiger partial charge in [-0.25, -0.2) is 0 Å². The van der Waals surface area contributed by atoms with Gasteiger partial charge in [0.05, 0.1) is 22.6 Å². The molecule has 0 saturated heterocycles. The number of para-hydroxylation sites is 1. The molecule has 23 heavy (non-hydrogen) atoms. The third-order valence-electron chi connectivity index (χ3n) is 3.34. The molecule has 0 spiro atoms. The Balaban J connectivity index is 2.26. The van der Waals surface area contributed by atoms with E-state index in [9.17, 15) is 14.9 Å². The maximum absolute atomic E-state index is 12.5. The van der Waals surface area contributed by atoms with E-state index in [0.717, 1.165) is 5.56 Å². The van der Waals surface area contributed by atoms with Gasteiger partial charge in [0.1, 0.15) is 5.75 Å². The fourth-order valence-corrected chi connectivity index (χ4v) is 2.36. The zero-order valence-electron chi connectivity index (χ0n) is 12.7. The average molecular weight is 335 g/mol. The number of methoxy groups -OCH3 is 1. The molecule has 1 amide bonds. The minimum atomic E-state index is -0.562. The average Bonchev–Trinajstić information content (AvgIpc) is 2.54. The van der Waals surface area contributed by atoms with Gasteiger partial charge in [-0.05, 0) is 12.1 Å². The zero-order valence-corrected chi connectivity index (χ0v) is 13.4. The maximum Gasteiger partial charge on any atom is 0.270 e. The zero-order chi connectivity index (χ0) is 17.0. The first-order valence-corrected chi connectivity index (χ1v) is 7.13. The lowest BCUT2D eigenvalue weighted by molar-refractivity contribution is -0.384. The van der Waals surface area contributed by atoms with Gasteiger partial charge in [0.2, 0.25) is 0 Å². The van der Waals surface area contributed by atoms with E-state index in [2.05, 4.69) is 0 Å². The summed E-state index contributed by atoms with van der Waals surface area (Å²) in [5.74, 6) is 0.266. The minimum absolute atomic E-state index is 0.0956. The van der Waals surface area contributed by atoms with Gasteiger partial charge in [0.25, 0.3) is 11.6 Å². The lowest BCUT2D eigenvalue weighted by Gasteiger charge is -2.19. The summed E-state index contributed by atoms with van der Waals surface area (Å²) in [5.41, 5.74) is 0.745. The van der Waals surface area contributed by atoms with Gasteiger partial charge in [-0.2, -0.15) is 0 Å². The Hall–Kier alpha value is -2.60. The van der Waals surface area contributed by atoms with E-state index in [-0.39, 0.29) is 16.3 Å². The Morgan fingerprint density at radius 3 is 2.65 bits per heavy atom. The van der Waals surface area contributed by atoms with Gasteiger partial charge in [-0.1, -0.05) is 29.8 Å². The Kier molecular flexibility index (Phi) is 5.18. The molecule has 2 rings (SSSR count). The molecule has 0 unspecified atom stereocenters. The van der Waals surface area contributed by atoms with Gasteiger partial charge in [-0.3, -0.25) is 14.9 Å². The van der Waals surface area contributed by atoms with Crippen molar-refractivity contribution in [1.29, 1.82) is 0 Å². The lowest BCUT2D eigenvalue weighted by Crippen LogP contribution is -2.26. The second kappa shape index (κ2) is 7.11. The maximum atomic E-state index is 12.5. The summed E-state index contributed by atoms with van der Waals surface area (Å²) in [6.07, 6.45) is 0. The summed E-state index contributed by atoms with van der Waals surface area (Å²) >= 11 is 6.01. The van der Waals surface area contributed by atoms with Crippen LogP contribution in [-0.4, -0.2) is 29.9 Å². The second-order valence-corrected chi connectivity index (χ2v) is 5.30. The number of benzene rings is 2. The van der Waals surface area contributed by atoms with Gasteiger partial charge in [0, 0.05) is 31.3 Å². The quantitative estimate of drug-likeness (QED) is 0.619. The molecule has 0 aromatic heterocycles. The number of hydrogen-bond acceptors (Lipinski definition) is 4. The number of hydrogen-bond donors (Lipinski definition) is 0. The van der Waals surface area contributed by atoms with Crippen molar-refractivity contribution in [2.45, 2.75) is 6.54 Å². The topological polar surface area (TPSA) is 72.7 Å². The highest BCUT2D eigenvalue weighted by Gasteiger charge is 2.20. The predicted octanol–water partition coefficient (Wildman–Crippen LogP) is 3.53. The van der Waals surface area contributed by atoms with Crippen LogP contribution in [0.2, 0.25) is 5.02 Å². The first-order valence-electron chi connectivity index (χ1n) is 6.75. The molecule has 0 atom stereocenters. The molecule has 120 valence electrons. The van der Waals surface area contributed by atoms with Crippen LogP contribution in [0.1, 0.15) is 15.9 Å². The number of carbonyl (C=O) groups excluding carboxylic acids is 1. The Morgan fingerprint density at radius 1 is 1.30 bits per heavy atom. The van der Waals surface area contributed by atoms with E-state index in [4.69, 9.17) is 16.3 Å². The van der Waals surface area contributed by atoms with E-state index >= 15 is 0 Å². The summed E-state index contributed by atoms with van der Waals surface area (Å²) in [7, 11) is 3.15. The minimum Gasteiger partial charge on any atom is -0.496 e. The SMILES string of the molecule is COc1ccccc1CN(C)C(=O)c1cc([N+](=O)[O-])ccc1Cl. The van der Waals surface area contributed by atoms with Gasteiger partial charge in [-0.15, -0.1) is 0 Å². The summed E-state index contributed by atoms with van der Waals surface area (Å²) < 4.78 is 5.25. The van der Waals surface area contributed by atoms with Crippen molar-refractivity contribution < 1.29 is 14.5 Å². The van der Waals surface area contributed by atoms with Crippen LogP contribution in [-0.2, 0) is 6.54 Å². The van der Waals surface area contributed by atoms with E-state index in [1.54, 1.807) is 20.2 Å². The summed E-state index contributed by atoms with van der Waals surface area (Å²) in [4.78, 5) is 24.2. The van der Waals surface area contributed by atoms with Crippen molar-refractivity contribution in [3.05, 3.63) is 68.7 Å². The van der Waals surface area contributed by atoms with E-state index in [1.807, 2.05) is 18.2 Å². The monoisotopic (exact) mass is 334 g/mol. The first-order chi connectivity index (χ1) is 10.9. The van der Waals surface area contributed by atoms with Crippen molar-refractivity contribution in [2.75, 3.05) is 14.2 Å². The van der Waals surface area contributed by atoms with Gasteiger partial charge >= 0.3 is 0 Å². The third kappa shape index (κ3) is 3.78. The molecule has 7 heteroatoms. The number of rotatable bonds is 5. The van der Waals surface area contributed by atoms with E-state index < -0.39 is 10.8 Å². The predicted molar refractivity (Wildman–Crippen MR) is 86.9 cm³/mol. The van der Waals surface area contributed by atoms with Crippen LogP contribution in [0.3, 0.4) is 0 Å². The molecular weight excluding hydrogens is 320 g/mol. The number of amides is 1. The molecule has 2 aromatic carbocycles. The molecule has 2 aromatic rings. The molecular formula is C16H15ClN2O4. The molecule has 0 aliphatic heterocycles. The highest BCUT2D eigenvalue weighted by Crippen LogP contribution is 2.25. The van der Waals surface area contributed by atoms with Crippen LogP contribution in [0.15, 0.2) is 42.5 Å². The molecule has 0 saturated carbocycles. The standard InChI is InChI=1S/C16H15ClN2O4/c1-18(10-11-5-3-4-6-15(11)23-2)16(20)13-9-12(19(21)22)7-8-14(13)17/h3-9H,10H2,1-2H3. The summed E-state index contributed by atoms with van der Waals surface area (Å²) in [6, 6.07) is 11.1. The van der Waals surface area contributed by atoms with Crippen molar-refractivity contribution in [1.82, 2.24) is 4.90 Å². The molecule has 0 N–H and O–H groups in total. The van der Waals surface area contributed by atoms with Crippen molar-refractivity contribution >= 4 is 23.2 Å². The van der Waals surface area contributed by atoms with E-state index in [1.165, 1.54) is 23.1 Å². The number of nitrogens with zero attached hydrogens (tertiary/aromatic N) is 2. The first kappa shape index (κ1) is 16.8. The fraction of sp³-hybridized carbons (Fsp3) is 0.188. The van der Waals surface area contributed by atoms with E-state index in [0.29, 0.717) is 12.3 Å². The second-order valence-electron chi connectivity index (χ2n) is 4.89. The normalized spacial score (nSPS) is 10.2. The van der Waals surface area contributed by atoms with Crippen LogP contribution in [0.4, 0.5) is 5.69 Å². The fourth-order valence-electron chi connectivity index (χ4n) is 2.16. The molecule has 0 aliphatic carbocycles. The molecule has 0 aliphatic rings. The largest absolute Gasteiger partial charge is 0.496 e. The van der Waals surface area contributed by atoms with Crippen LogP contribution >= 0.6 is 11.6 Å². The lowest BCUT2D eigenvalue weighted by atomic mass is 10.1. The van der Waals surface area contributed by atoms with Gasteiger partial charge in [0.15, 0.2) is 0 Å². The van der Waals surface area contributed by atoms with Crippen LogP contribution in [0.25, 0.3) is 0 Å². The van der Waals surface area contributed by atoms with Crippen molar-refractivity contribution in [3.63, 3.8) is 0 Å². The Labute approximate surface area is 138 Å². The molecule has 0 heterocycles. The number of non-ortho nitro benzene ring substituents is 1. The highest BCUT2D eigenvalue weighted by atomic mass is 35.5. The van der Waals surface area contributed by atoms with Crippen LogP contribution in [0.5, 0.6) is 5.75 Å². The number of nitro groups is 1. The summed E-state index contributed by atoms with van der Waals surface area (Å²) in [6.45, 7) is 0.294. The summed E-state index contributed by atoms with van der Waals surface area (Å²) in [5, 5.41) is 11.0. The third-order valence-corrected chi connectivity index (χ3v) is 3.67. The van der Waals surface area contributed by atoms with Crippen LogP contribution < -0.4 is 4.74 Å². The number of ether oxygens (including phenoxy) is 1. The molecule has 0 bridgehead atoms. The Bertz CT molecular complexity index is 749.